The molecule has 200 valence electrons. The molecule has 38 heavy (non-hydrogen) atoms. The molecule has 0 radical (unpaired) electrons. The summed E-state index contributed by atoms with van der Waals surface area (Å²) in [5.74, 6) is 0.740. The van der Waals surface area contributed by atoms with E-state index in [2.05, 4.69) is 4.98 Å². The fourth-order valence-corrected chi connectivity index (χ4v) is 6.13. The number of carbonyl (C=O) groups is 1. The Morgan fingerprint density at radius 2 is 1.68 bits per heavy atom. The zero-order valence-corrected chi connectivity index (χ0v) is 23.3. The van der Waals surface area contributed by atoms with E-state index in [1.54, 1.807) is 18.2 Å². The number of sulfone groups is 1. The molecule has 0 aliphatic heterocycles. The molecule has 4 rings (SSSR count). The molecule has 1 aromatic heterocycles. The first-order valence-corrected chi connectivity index (χ1v) is 15.4. The van der Waals surface area contributed by atoms with Crippen LogP contribution in [0.25, 0.3) is 16.7 Å². The number of nitrogens with zero attached hydrogens (tertiary/aromatic N) is 2. The second kappa shape index (κ2) is 10.8. The SMILES string of the molecule is CCc1nc2cc(S(C)(=O)=O)c(Cl)cc2n1-c1ccc(CCOC(=O)NS(=O)(=O)c2ccc(C)cc2)cc1. The number of amides is 1. The van der Waals surface area contributed by atoms with Crippen LogP contribution in [0.5, 0.6) is 0 Å². The number of aryl methyl sites for hydroxylation is 2. The molecule has 4 aromatic rings. The van der Waals surface area contributed by atoms with Gasteiger partial charge in [-0.1, -0.05) is 48.4 Å². The van der Waals surface area contributed by atoms with E-state index in [-0.39, 0.29) is 21.4 Å². The standard InChI is InChI=1S/C26H26ClN3O6S2/c1-4-25-28-22-16-24(37(3,32)33)21(27)15-23(22)30(25)19-9-7-18(8-10-19)13-14-36-26(31)29-38(34,35)20-11-5-17(2)6-12-20/h5-12,15-16H,4,13-14H2,1-3H3,(H,29,31). The van der Waals surface area contributed by atoms with Crippen molar-refractivity contribution in [3.05, 3.63) is 82.6 Å². The monoisotopic (exact) mass is 575 g/mol. The van der Waals surface area contributed by atoms with E-state index in [0.717, 1.165) is 28.9 Å². The average molecular weight is 576 g/mol. The highest BCUT2D eigenvalue weighted by Gasteiger charge is 2.20. The Morgan fingerprint density at radius 1 is 1.03 bits per heavy atom. The smallest absolute Gasteiger partial charge is 0.421 e. The van der Waals surface area contributed by atoms with Crippen LogP contribution in [0.2, 0.25) is 5.02 Å². The molecule has 0 saturated heterocycles. The van der Waals surface area contributed by atoms with Crippen molar-refractivity contribution in [2.75, 3.05) is 12.9 Å². The number of fused-ring (bicyclic) bond motifs is 1. The van der Waals surface area contributed by atoms with Crippen molar-refractivity contribution in [2.24, 2.45) is 0 Å². The number of rotatable bonds is 8. The Kier molecular flexibility index (Phi) is 7.82. The summed E-state index contributed by atoms with van der Waals surface area (Å²) < 4.78 is 57.6. The molecule has 0 spiro atoms. The lowest BCUT2D eigenvalue weighted by atomic mass is 10.1. The van der Waals surface area contributed by atoms with Gasteiger partial charge in [0.05, 0.1) is 32.5 Å². The van der Waals surface area contributed by atoms with E-state index >= 15 is 0 Å². The minimum absolute atomic E-state index is 0.0211. The Balaban J connectivity index is 1.45. The number of imidazole rings is 1. The maximum absolute atomic E-state index is 12.3. The Morgan fingerprint density at radius 3 is 2.29 bits per heavy atom. The van der Waals surface area contributed by atoms with Crippen LogP contribution in [0.4, 0.5) is 4.79 Å². The van der Waals surface area contributed by atoms with Gasteiger partial charge in [0.25, 0.3) is 10.0 Å². The first-order chi connectivity index (χ1) is 17.9. The molecule has 0 atom stereocenters. The van der Waals surface area contributed by atoms with Gasteiger partial charge >= 0.3 is 6.09 Å². The van der Waals surface area contributed by atoms with E-state index in [1.165, 1.54) is 18.2 Å². The van der Waals surface area contributed by atoms with Gasteiger partial charge in [-0.25, -0.2) is 31.3 Å². The predicted molar refractivity (Wildman–Crippen MR) is 145 cm³/mol. The van der Waals surface area contributed by atoms with Crippen LogP contribution in [0.3, 0.4) is 0 Å². The molecule has 0 aliphatic rings. The van der Waals surface area contributed by atoms with Gasteiger partial charge in [-0.15, -0.1) is 0 Å². The van der Waals surface area contributed by atoms with Crippen LogP contribution in [-0.2, 0) is 37.4 Å². The van der Waals surface area contributed by atoms with E-state index < -0.39 is 26.0 Å². The third-order valence-electron chi connectivity index (χ3n) is 5.86. The summed E-state index contributed by atoms with van der Waals surface area (Å²) in [5.41, 5.74) is 3.77. The molecule has 9 nitrogen and oxygen atoms in total. The lowest BCUT2D eigenvalue weighted by Gasteiger charge is -2.11. The van der Waals surface area contributed by atoms with Gasteiger partial charge in [-0.3, -0.25) is 4.57 Å². The van der Waals surface area contributed by atoms with Gasteiger partial charge in [0.1, 0.15) is 5.82 Å². The molecule has 0 fully saturated rings. The summed E-state index contributed by atoms with van der Waals surface area (Å²) in [5, 5.41) is 0.125. The molecule has 1 amide bonds. The average Bonchev–Trinajstić information content (AvgIpc) is 3.20. The number of hydrogen-bond acceptors (Lipinski definition) is 7. The highest BCUT2D eigenvalue weighted by atomic mass is 35.5. The third-order valence-corrected chi connectivity index (χ3v) is 8.75. The van der Waals surface area contributed by atoms with E-state index in [9.17, 15) is 21.6 Å². The fraction of sp³-hybridized carbons (Fsp3) is 0.231. The quantitative estimate of drug-likeness (QED) is 0.325. The highest BCUT2D eigenvalue weighted by Crippen LogP contribution is 2.30. The van der Waals surface area contributed by atoms with Crippen molar-refractivity contribution in [1.82, 2.24) is 14.3 Å². The van der Waals surface area contributed by atoms with E-state index in [0.29, 0.717) is 23.9 Å². The topological polar surface area (TPSA) is 124 Å². The molecule has 12 heteroatoms. The van der Waals surface area contributed by atoms with Crippen molar-refractivity contribution in [3.63, 3.8) is 0 Å². The zero-order chi connectivity index (χ0) is 27.7. The van der Waals surface area contributed by atoms with Crippen LogP contribution in [0.15, 0.2) is 70.5 Å². The third kappa shape index (κ3) is 6.01. The van der Waals surface area contributed by atoms with Gasteiger partial charge < -0.3 is 4.74 Å². The second-order valence-electron chi connectivity index (χ2n) is 8.73. The largest absolute Gasteiger partial charge is 0.448 e. The predicted octanol–water partition coefficient (Wildman–Crippen LogP) is 4.61. The molecule has 1 N–H and O–H groups in total. The number of halogens is 1. The van der Waals surface area contributed by atoms with Gasteiger partial charge in [0, 0.05) is 24.8 Å². The molecule has 3 aromatic carbocycles. The Hall–Kier alpha value is -3.41. The summed E-state index contributed by atoms with van der Waals surface area (Å²) in [6.45, 7) is 3.76. The zero-order valence-electron chi connectivity index (χ0n) is 20.9. The van der Waals surface area contributed by atoms with Crippen LogP contribution >= 0.6 is 11.6 Å². The Labute approximate surface area is 226 Å². The maximum Gasteiger partial charge on any atom is 0.421 e. The van der Waals surface area contributed by atoms with E-state index in [1.807, 2.05) is 47.4 Å². The lowest BCUT2D eigenvalue weighted by molar-refractivity contribution is 0.154. The summed E-state index contributed by atoms with van der Waals surface area (Å²) in [6.07, 6.45) is 1.03. The van der Waals surface area contributed by atoms with Gasteiger partial charge in [0.15, 0.2) is 9.84 Å². The van der Waals surface area contributed by atoms with Crippen molar-refractivity contribution in [2.45, 2.75) is 36.5 Å². The van der Waals surface area contributed by atoms with Crippen LogP contribution in [0, 0.1) is 6.92 Å². The van der Waals surface area contributed by atoms with Crippen LogP contribution < -0.4 is 4.72 Å². The lowest BCUT2D eigenvalue weighted by Crippen LogP contribution is -2.31. The first-order valence-electron chi connectivity index (χ1n) is 11.7. The van der Waals surface area contributed by atoms with Gasteiger partial charge in [-0.05, 0) is 48.9 Å². The molecule has 0 saturated carbocycles. The van der Waals surface area contributed by atoms with Gasteiger partial charge in [0.2, 0.25) is 0 Å². The molecule has 0 aliphatic carbocycles. The van der Waals surface area contributed by atoms with Crippen LogP contribution in [-0.4, -0.2) is 45.3 Å². The summed E-state index contributed by atoms with van der Waals surface area (Å²) in [6, 6.07) is 16.7. The van der Waals surface area contributed by atoms with Crippen molar-refractivity contribution in [1.29, 1.82) is 0 Å². The summed E-state index contributed by atoms with van der Waals surface area (Å²) in [4.78, 5) is 16.6. The number of benzene rings is 3. The van der Waals surface area contributed by atoms with Gasteiger partial charge in [-0.2, -0.15) is 0 Å². The second-order valence-corrected chi connectivity index (χ2v) is 12.8. The number of ether oxygens (including phenoxy) is 1. The maximum atomic E-state index is 12.3. The minimum atomic E-state index is -4.02. The molecule has 1 heterocycles. The van der Waals surface area contributed by atoms with Crippen molar-refractivity contribution in [3.8, 4) is 5.69 Å². The van der Waals surface area contributed by atoms with Crippen LogP contribution in [0.1, 0.15) is 23.9 Å². The summed E-state index contributed by atoms with van der Waals surface area (Å²) in [7, 11) is -7.52. The van der Waals surface area contributed by atoms with Crippen molar-refractivity contribution >= 4 is 48.6 Å². The minimum Gasteiger partial charge on any atom is -0.448 e. The van der Waals surface area contributed by atoms with Crippen molar-refractivity contribution < 1.29 is 26.4 Å². The first kappa shape index (κ1) is 27.6. The Bertz CT molecular complexity index is 1710. The summed E-state index contributed by atoms with van der Waals surface area (Å²) >= 11 is 6.28. The number of aromatic nitrogens is 2. The highest BCUT2D eigenvalue weighted by molar-refractivity contribution is 7.91. The normalized spacial score (nSPS) is 12.0. The molecule has 0 unspecified atom stereocenters. The number of sulfonamides is 1. The van der Waals surface area contributed by atoms with E-state index in [4.69, 9.17) is 16.3 Å². The molecular weight excluding hydrogens is 550 g/mol. The number of hydrogen-bond donors (Lipinski definition) is 1. The molecule has 0 bridgehead atoms. The fourth-order valence-electron chi connectivity index (χ4n) is 3.93. The number of carbonyl (C=O) groups excluding carboxylic acids is 1. The molecular formula is C26H26ClN3O6S2. The number of nitrogens with one attached hydrogen (secondary N) is 1.